The Morgan fingerprint density at radius 1 is 1.82 bits per heavy atom. The van der Waals surface area contributed by atoms with E-state index in [1.54, 1.807) is 24.9 Å². The molecule has 5 heteroatoms. The number of carbonyl (C=O) groups is 1. The Balaban J connectivity index is 2.85. The third kappa shape index (κ3) is 1.94. The van der Waals surface area contributed by atoms with Crippen molar-refractivity contribution < 1.29 is 9.53 Å². The van der Waals surface area contributed by atoms with Crippen LogP contribution in [0.2, 0.25) is 0 Å². The Labute approximate surface area is 68.7 Å². The normalized spacial score (nSPS) is 9.73. The highest BCUT2D eigenvalue weighted by atomic mass is 35.5. The van der Waals surface area contributed by atoms with Crippen molar-refractivity contribution in [3.8, 4) is 5.75 Å². The van der Waals surface area contributed by atoms with Gasteiger partial charge in [-0.3, -0.25) is 4.68 Å². The lowest BCUT2D eigenvalue weighted by molar-refractivity contribution is 0.225. The number of carbonyl (C=O) groups excluding carboxylic acids is 1. The number of hydrogen-bond acceptors (Lipinski definition) is 3. The lowest BCUT2D eigenvalue weighted by Crippen LogP contribution is -1.95. The van der Waals surface area contributed by atoms with Crippen LogP contribution in [0.4, 0.5) is 4.79 Å². The van der Waals surface area contributed by atoms with E-state index in [1.807, 2.05) is 0 Å². The average molecular weight is 175 g/mol. The fourth-order valence-electron chi connectivity index (χ4n) is 0.765. The van der Waals surface area contributed by atoms with Crippen LogP contribution < -0.4 is 4.74 Å². The Bertz CT molecular complexity index is 282. The molecule has 0 fully saturated rings. The van der Waals surface area contributed by atoms with Crippen molar-refractivity contribution >= 4 is 17.0 Å². The second-order valence-corrected chi connectivity index (χ2v) is 2.40. The predicted octanol–water partition coefficient (Wildman–Crippen LogP) is 1.47. The first kappa shape index (κ1) is 8.07. The van der Waals surface area contributed by atoms with Crippen molar-refractivity contribution in [2.75, 3.05) is 0 Å². The summed E-state index contributed by atoms with van der Waals surface area (Å²) in [6.45, 7) is 1.73. The first-order valence-corrected chi connectivity index (χ1v) is 3.35. The summed E-state index contributed by atoms with van der Waals surface area (Å²) in [7, 11) is 1.73. The van der Waals surface area contributed by atoms with Gasteiger partial charge in [0.15, 0.2) is 5.75 Å². The topological polar surface area (TPSA) is 44.1 Å². The molecule has 1 aromatic rings. The van der Waals surface area contributed by atoms with E-state index in [0.717, 1.165) is 0 Å². The first-order chi connectivity index (χ1) is 5.09. The molecule has 0 aliphatic heterocycles. The molecule has 0 amide bonds. The van der Waals surface area contributed by atoms with Crippen LogP contribution >= 0.6 is 11.6 Å². The van der Waals surface area contributed by atoms with Gasteiger partial charge in [-0.05, 0) is 6.92 Å². The SMILES string of the molecule is Cc1nn(C)cc1OC(=O)Cl. The molecule has 0 saturated carbocycles. The molecule has 0 aliphatic rings. The molecule has 0 N–H and O–H groups in total. The fourth-order valence-corrected chi connectivity index (χ4v) is 0.848. The zero-order valence-corrected chi connectivity index (χ0v) is 6.92. The second kappa shape index (κ2) is 2.92. The Morgan fingerprint density at radius 2 is 2.45 bits per heavy atom. The summed E-state index contributed by atoms with van der Waals surface area (Å²) < 4.78 is 6.16. The van der Waals surface area contributed by atoms with Crippen molar-refractivity contribution in [3.05, 3.63) is 11.9 Å². The van der Waals surface area contributed by atoms with E-state index < -0.39 is 5.43 Å². The average Bonchev–Trinajstić information content (AvgIpc) is 2.09. The monoisotopic (exact) mass is 174 g/mol. The number of hydrogen-bond donors (Lipinski definition) is 0. The zero-order chi connectivity index (χ0) is 8.43. The van der Waals surface area contributed by atoms with E-state index in [9.17, 15) is 4.79 Å². The third-order valence-electron chi connectivity index (χ3n) is 1.16. The van der Waals surface area contributed by atoms with Crippen LogP contribution in [0.15, 0.2) is 6.20 Å². The van der Waals surface area contributed by atoms with Gasteiger partial charge in [-0.2, -0.15) is 5.10 Å². The molecular weight excluding hydrogens is 168 g/mol. The standard InChI is InChI=1S/C6H7ClN2O2/c1-4-5(11-6(7)10)3-9(2)8-4/h3H,1-2H3. The molecule has 0 atom stereocenters. The molecule has 0 spiro atoms. The number of nitrogens with zero attached hydrogens (tertiary/aromatic N) is 2. The molecule has 11 heavy (non-hydrogen) atoms. The van der Waals surface area contributed by atoms with Crippen LogP contribution in [-0.4, -0.2) is 15.2 Å². The van der Waals surface area contributed by atoms with Crippen molar-refractivity contribution in [2.24, 2.45) is 7.05 Å². The summed E-state index contributed by atoms with van der Waals surface area (Å²) in [4.78, 5) is 10.3. The lowest BCUT2D eigenvalue weighted by Gasteiger charge is -1.93. The third-order valence-corrected chi connectivity index (χ3v) is 1.24. The number of aryl methyl sites for hydroxylation is 2. The van der Waals surface area contributed by atoms with Crippen LogP contribution in [0.25, 0.3) is 0 Å². The number of halogens is 1. The highest BCUT2D eigenvalue weighted by Crippen LogP contribution is 2.15. The Hall–Kier alpha value is -1.03. The summed E-state index contributed by atoms with van der Waals surface area (Å²) in [5.74, 6) is 0.396. The van der Waals surface area contributed by atoms with Crippen LogP contribution in [0.1, 0.15) is 5.69 Å². The van der Waals surface area contributed by atoms with E-state index in [1.165, 1.54) is 0 Å². The van der Waals surface area contributed by atoms with Gasteiger partial charge in [0.25, 0.3) is 0 Å². The quantitative estimate of drug-likeness (QED) is 0.606. The molecule has 60 valence electrons. The van der Waals surface area contributed by atoms with Crippen LogP contribution in [-0.2, 0) is 7.05 Å². The largest absolute Gasteiger partial charge is 0.411 e. The molecule has 1 aromatic heterocycles. The smallest absolute Gasteiger partial charge is 0.409 e. The van der Waals surface area contributed by atoms with Crippen LogP contribution in [0.5, 0.6) is 5.75 Å². The molecule has 0 bridgehead atoms. The highest BCUT2D eigenvalue weighted by Gasteiger charge is 2.06. The van der Waals surface area contributed by atoms with E-state index >= 15 is 0 Å². The second-order valence-electron chi connectivity index (χ2n) is 2.09. The maximum absolute atomic E-state index is 10.3. The minimum absolute atomic E-state index is 0.396. The zero-order valence-electron chi connectivity index (χ0n) is 6.17. The maximum Gasteiger partial charge on any atom is 0.409 e. The molecular formula is C6H7ClN2O2. The van der Waals surface area contributed by atoms with Gasteiger partial charge in [-0.1, -0.05) is 0 Å². The Morgan fingerprint density at radius 3 is 2.82 bits per heavy atom. The molecule has 1 heterocycles. The van der Waals surface area contributed by atoms with E-state index in [0.29, 0.717) is 11.4 Å². The van der Waals surface area contributed by atoms with Gasteiger partial charge < -0.3 is 4.74 Å². The van der Waals surface area contributed by atoms with Gasteiger partial charge >= 0.3 is 5.43 Å². The van der Waals surface area contributed by atoms with Crippen molar-refractivity contribution in [3.63, 3.8) is 0 Å². The first-order valence-electron chi connectivity index (χ1n) is 2.97. The number of rotatable bonds is 1. The van der Waals surface area contributed by atoms with Crippen LogP contribution in [0.3, 0.4) is 0 Å². The number of aromatic nitrogens is 2. The molecule has 0 saturated heterocycles. The molecule has 4 nitrogen and oxygen atoms in total. The molecule has 1 rings (SSSR count). The molecule has 0 aromatic carbocycles. The van der Waals surface area contributed by atoms with Crippen molar-refractivity contribution in [1.82, 2.24) is 9.78 Å². The molecule has 0 unspecified atom stereocenters. The van der Waals surface area contributed by atoms with Gasteiger partial charge in [-0.25, -0.2) is 4.79 Å². The van der Waals surface area contributed by atoms with Crippen LogP contribution in [0, 0.1) is 6.92 Å². The summed E-state index contributed by atoms with van der Waals surface area (Å²) in [5.41, 5.74) is -0.206. The maximum atomic E-state index is 10.3. The lowest BCUT2D eigenvalue weighted by atomic mass is 10.4. The fraction of sp³-hybridized carbons (Fsp3) is 0.333. The van der Waals surface area contributed by atoms with Gasteiger partial charge in [0.05, 0.1) is 6.20 Å². The summed E-state index contributed by atoms with van der Waals surface area (Å²) in [5, 5.41) is 3.94. The minimum Gasteiger partial charge on any atom is -0.411 e. The minimum atomic E-state index is -0.846. The molecule has 0 radical (unpaired) electrons. The predicted molar refractivity (Wildman–Crippen MR) is 39.8 cm³/mol. The van der Waals surface area contributed by atoms with Crippen molar-refractivity contribution in [1.29, 1.82) is 0 Å². The van der Waals surface area contributed by atoms with Gasteiger partial charge in [0, 0.05) is 18.6 Å². The summed E-state index contributed by atoms with van der Waals surface area (Å²) in [6, 6.07) is 0. The van der Waals surface area contributed by atoms with Gasteiger partial charge in [0.2, 0.25) is 0 Å². The summed E-state index contributed by atoms with van der Waals surface area (Å²) >= 11 is 5.00. The summed E-state index contributed by atoms with van der Waals surface area (Å²) in [6.07, 6.45) is 1.58. The Kier molecular flexibility index (Phi) is 2.14. The van der Waals surface area contributed by atoms with Crippen molar-refractivity contribution in [2.45, 2.75) is 6.92 Å². The van der Waals surface area contributed by atoms with Gasteiger partial charge in [-0.15, -0.1) is 0 Å². The van der Waals surface area contributed by atoms with E-state index in [-0.39, 0.29) is 0 Å². The van der Waals surface area contributed by atoms with E-state index in [4.69, 9.17) is 11.6 Å². The van der Waals surface area contributed by atoms with E-state index in [2.05, 4.69) is 9.84 Å². The number of ether oxygens (including phenoxy) is 1. The molecule has 0 aliphatic carbocycles. The van der Waals surface area contributed by atoms with Gasteiger partial charge in [0.1, 0.15) is 5.69 Å². The highest BCUT2D eigenvalue weighted by molar-refractivity contribution is 6.61.